The van der Waals surface area contributed by atoms with E-state index >= 15 is 0 Å². The lowest BCUT2D eigenvalue weighted by atomic mass is 10.3. The Hall–Kier alpha value is -0.650. The van der Waals surface area contributed by atoms with Crippen molar-refractivity contribution >= 4 is 24.6 Å². The van der Waals surface area contributed by atoms with E-state index in [2.05, 4.69) is 68.6 Å². The quantitative estimate of drug-likeness (QED) is 0.693. The summed E-state index contributed by atoms with van der Waals surface area (Å²) in [5, 5.41) is 4.06. The molecule has 0 aliphatic heterocycles. The normalized spacial score (nSPS) is 13.6. The van der Waals surface area contributed by atoms with Gasteiger partial charge in [0, 0.05) is 11.0 Å². The molecule has 0 radical (unpaired) electrons. The summed E-state index contributed by atoms with van der Waals surface area (Å²) in [6, 6.07) is 15.4. The van der Waals surface area contributed by atoms with E-state index in [0.29, 0.717) is 5.16 Å². The molecule has 1 aromatic heterocycles. The molecule has 0 saturated carbocycles. The van der Waals surface area contributed by atoms with E-state index in [1.165, 1.54) is 16.3 Å². The first-order valence-corrected chi connectivity index (χ1v) is 8.33. The molecule has 0 aliphatic carbocycles. The molecule has 0 aliphatic rings. The first-order valence-electron chi connectivity index (χ1n) is 5.92. The van der Waals surface area contributed by atoms with Gasteiger partial charge in [0.25, 0.3) is 0 Å². The maximum atomic E-state index is 2.36. The van der Waals surface area contributed by atoms with Gasteiger partial charge in [0.2, 0.25) is 0 Å². The van der Waals surface area contributed by atoms with Crippen molar-refractivity contribution in [2.24, 2.45) is 0 Å². The van der Waals surface area contributed by atoms with Gasteiger partial charge < -0.3 is 0 Å². The Morgan fingerprint density at radius 1 is 1.00 bits per heavy atom. The molecule has 1 atom stereocenters. The predicted octanol–water partition coefficient (Wildman–Crippen LogP) is 4.85. The van der Waals surface area contributed by atoms with Crippen LogP contribution in [0, 0.1) is 0 Å². The summed E-state index contributed by atoms with van der Waals surface area (Å²) >= 11 is 1.88. The third-order valence-electron chi connectivity index (χ3n) is 2.77. The van der Waals surface area contributed by atoms with Crippen molar-refractivity contribution in [2.45, 2.75) is 32.1 Å². The van der Waals surface area contributed by atoms with Crippen LogP contribution in [0.2, 0.25) is 0 Å². The lowest BCUT2D eigenvalue weighted by Gasteiger charge is -2.31. The number of thiophene rings is 1. The van der Waals surface area contributed by atoms with Gasteiger partial charge in [-0.15, -0.1) is 11.3 Å². The molecule has 0 spiro atoms. The average molecular weight is 262 g/mol. The van der Waals surface area contributed by atoms with Crippen LogP contribution in [0.3, 0.4) is 0 Å². The van der Waals surface area contributed by atoms with Gasteiger partial charge in [-0.3, -0.25) is 0 Å². The topological polar surface area (TPSA) is 0 Å². The van der Waals surface area contributed by atoms with Gasteiger partial charge in [-0.1, -0.05) is 65.1 Å². The second-order valence-corrected chi connectivity index (χ2v) is 9.23. The van der Waals surface area contributed by atoms with Crippen molar-refractivity contribution in [2.75, 3.05) is 0 Å². The van der Waals surface area contributed by atoms with E-state index in [1.54, 1.807) is 0 Å². The summed E-state index contributed by atoms with van der Waals surface area (Å²) in [6.07, 6.45) is 1.21. The summed E-state index contributed by atoms with van der Waals surface area (Å²) < 4.78 is 0. The van der Waals surface area contributed by atoms with Gasteiger partial charge in [-0.2, -0.15) is 0 Å². The van der Waals surface area contributed by atoms with E-state index in [-0.39, 0.29) is 7.92 Å². The van der Waals surface area contributed by atoms with E-state index in [0.717, 1.165) is 0 Å². The first-order chi connectivity index (χ1) is 8.07. The van der Waals surface area contributed by atoms with Gasteiger partial charge in [-0.05, 0) is 21.9 Å². The monoisotopic (exact) mass is 262 g/mol. The van der Waals surface area contributed by atoms with Crippen molar-refractivity contribution in [1.82, 2.24) is 0 Å². The number of rotatable bonds is 3. The summed E-state index contributed by atoms with van der Waals surface area (Å²) in [4.78, 5) is 1.51. The number of hydrogen-bond donors (Lipinski definition) is 0. The molecule has 2 rings (SSSR count). The maximum Gasteiger partial charge on any atom is 0.00913 e. The van der Waals surface area contributed by atoms with E-state index in [9.17, 15) is 0 Å². The van der Waals surface area contributed by atoms with Gasteiger partial charge in [0.1, 0.15) is 0 Å². The number of benzene rings is 1. The summed E-state index contributed by atoms with van der Waals surface area (Å²) in [7, 11) is -0.137. The van der Waals surface area contributed by atoms with Gasteiger partial charge in [0.05, 0.1) is 0 Å². The van der Waals surface area contributed by atoms with E-state index < -0.39 is 0 Å². The molecule has 0 N–H and O–H groups in total. The molecule has 2 heteroatoms. The minimum atomic E-state index is -0.137. The minimum absolute atomic E-state index is 0.137. The van der Waals surface area contributed by atoms with Crippen LogP contribution in [0.5, 0.6) is 0 Å². The molecule has 0 fully saturated rings. The van der Waals surface area contributed by atoms with Crippen LogP contribution in [0.25, 0.3) is 0 Å². The van der Waals surface area contributed by atoms with Crippen LogP contribution < -0.4 is 5.30 Å². The SMILES string of the molecule is CC(C)(C)P(Cc1cccs1)c1ccccc1. The van der Waals surface area contributed by atoms with Gasteiger partial charge in [0.15, 0.2) is 0 Å². The van der Waals surface area contributed by atoms with Crippen molar-refractivity contribution in [3.05, 3.63) is 52.7 Å². The molecular formula is C15H19PS. The molecule has 90 valence electrons. The highest BCUT2D eigenvalue weighted by Crippen LogP contribution is 2.51. The highest BCUT2D eigenvalue weighted by atomic mass is 32.1. The Morgan fingerprint density at radius 2 is 1.71 bits per heavy atom. The van der Waals surface area contributed by atoms with Crippen LogP contribution in [-0.4, -0.2) is 5.16 Å². The molecule has 0 amide bonds. The summed E-state index contributed by atoms with van der Waals surface area (Å²) in [5.41, 5.74) is 0. The molecule has 2 aromatic rings. The molecule has 0 bridgehead atoms. The summed E-state index contributed by atoms with van der Waals surface area (Å²) in [5.74, 6) is 0. The fourth-order valence-electron chi connectivity index (χ4n) is 1.88. The Morgan fingerprint density at radius 3 is 2.24 bits per heavy atom. The molecule has 0 nitrogen and oxygen atoms in total. The minimum Gasteiger partial charge on any atom is -0.149 e. The second-order valence-electron chi connectivity index (χ2n) is 5.17. The largest absolute Gasteiger partial charge is 0.149 e. The Balaban J connectivity index is 2.27. The molecular weight excluding hydrogens is 243 g/mol. The lowest BCUT2D eigenvalue weighted by molar-refractivity contribution is 0.786. The van der Waals surface area contributed by atoms with Gasteiger partial charge >= 0.3 is 0 Å². The third kappa shape index (κ3) is 3.40. The zero-order chi connectivity index (χ0) is 12.3. The predicted molar refractivity (Wildman–Crippen MR) is 80.8 cm³/mol. The van der Waals surface area contributed by atoms with Crippen LogP contribution >= 0.6 is 19.3 Å². The lowest BCUT2D eigenvalue weighted by Crippen LogP contribution is -2.20. The Labute approximate surface area is 109 Å². The van der Waals surface area contributed by atoms with Crippen LogP contribution in [0.1, 0.15) is 25.6 Å². The highest BCUT2D eigenvalue weighted by Gasteiger charge is 2.25. The Kier molecular flexibility index (Phi) is 4.01. The van der Waals surface area contributed by atoms with Crippen LogP contribution in [0.4, 0.5) is 0 Å². The standard InChI is InChI=1S/C15H19PS/c1-15(2,3)16(12-14-10-7-11-17-14)13-8-5-4-6-9-13/h4-11H,12H2,1-3H3. The zero-order valence-electron chi connectivity index (χ0n) is 10.7. The Bertz CT molecular complexity index is 440. The zero-order valence-corrected chi connectivity index (χ0v) is 12.4. The fourth-order valence-corrected chi connectivity index (χ4v) is 5.44. The summed E-state index contributed by atoms with van der Waals surface area (Å²) in [6.45, 7) is 7.08. The molecule has 1 unspecified atom stereocenters. The number of hydrogen-bond acceptors (Lipinski definition) is 1. The second kappa shape index (κ2) is 5.33. The maximum absolute atomic E-state index is 2.36. The molecule has 17 heavy (non-hydrogen) atoms. The van der Waals surface area contributed by atoms with E-state index in [1.807, 2.05) is 11.3 Å². The van der Waals surface area contributed by atoms with Crippen LogP contribution in [0.15, 0.2) is 47.8 Å². The highest BCUT2D eigenvalue weighted by molar-refractivity contribution is 7.66. The average Bonchev–Trinajstić information content (AvgIpc) is 2.78. The van der Waals surface area contributed by atoms with Crippen LogP contribution in [-0.2, 0) is 6.16 Å². The third-order valence-corrected chi connectivity index (χ3v) is 7.06. The molecule has 0 saturated heterocycles. The first kappa shape index (κ1) is 12.8. The molecule has 1 heterocycles. The smallest absolute Gasteiger partial charge is 0.00913 e. The van der Waals surface area contributed by atoms with Gasteiger partial charge in [-0.25, -0.2) is 0 Å². The van der Waals surface area contributed by atoms with Crippen molar-refractivity contribution < 1.29 is 0 Å². The fraction of sp³-hybridized carbons (Fsp3) is 0.333. The van der Waals surface area contributed by atoms with Crippen molar-refractivity contribution in [3.63, 3.8) is 0 Å². The van der Waals surface area contributed by atoms with Crippen molar-refractivity contribution in [3.8, 4) is 0 Å². The van der Waals surface area contributed by atoms with E-state index in [4.69, 9.17) is 0 Å². The van der Waals surface area contributed by atoms with Crippen molar-refractivity contribution in [1.29, 1.82) is 0 Å². The molecule has 1 aromatic carbocycles.